The Morgan fingerprint density at radius 2 is 2.12 bits per heavy atom. The summed E-state index contributed by atoms with van der Waals surface area (Å²) in [6.07, 6.45) is 6.23. The molecule has 0 spiro atoms. The van der Waals surface area contributed by atoms with Crippen LogP contribution in [0.3, 0.4) is 0 Å². The fraction of sp³-hybridized carbons (Fsp3) is 0.421. The Labute approximate surface area is 151 Å². The Bertz CT molecular complexity index is 838. The van der Waals surface area contributed by atoms with Crippen molar-refractivity contribution >= 4 is 17.7 Å². The molecule has 7 nitrogen and oxygen atoms in total. The van der Waals surface area contributed by atoms with Gasteiger partial charge in [0.15, 0.2) is 0 Å². The van der Waals surface area contributed by atoms with Crippen LogP contribution in [0.4, 0.5) is 0 Å². The Hall–Kier alpha value is -2.69. The number of benzene rings is 1. The predicted octanol–water partition coefficient (Wildman–Crippen LogP) is -0.488. The predicted molar refractivity (Wildman–Crippen MR) is 93.8 cm³/mol. The molecule has 0 aromatic heterocycles. The summed E-state index contributed by atoms with van der Waals surface area (Å²) in [5.41, 5.74) is 2.27. The summed E-state index contributed by atoms with van der Waals surface area (Å²) in [5.74, 6) is 1.97. The van der Waals surface area contributed by atoms with Gasteiger partial charge in [0.05, 0.1) is 0 Å². The molecule has 0 aliphatic carbocycles. The largest absolute Gasteiger partial charge is 0.322 e. The van der Waals surface area contributed by atoms with Crippen molar-refractivity contribution < 1.29 is 14.4 Å². The molecule has 1 aromatic carbocycles. The lowest BCUT2D eigenvalue weighted by Crippen LogP contribution is -2.66. The zero-order valence-electron chi connectivity index (χ0n) is 14.3. The number of amides is 3. The molecule has 26 heavy (non-hydrogen) atoms. The van der Waals surface area contributed by atoms with Crippen molar-refractivity contribution in [1.82, 2.24) is 20.9 Å². The molecule has 1 atom stereocenters. The van der Waals surface area contributed by atoms with E-state index in [0.29, 0.717) is 25.1 Å². The molecule has 0 radical (unpaired) electrons. The molecule has 3 amide bonds. The SMILES string of the molecule is C#CC1(NCc2ccc3c(c2)CN(C2CCC(=O)NC2=O)C3=O)CNC1. The van der Waals surface area contributed by atoms with Crippen LogP contribution in [0.5, 0.6) is 0 Å². The summed E-state index contributed by atoms with van der Waals surface area (Å²) in [7, 11) is 0. The lowest BCUT2D eigenvalue weighted by molar-refractivity contribution is -0.136. The van der Waals surface area contributed by atoms with Crippen LogP contribution in [0.1, 0.15) is 34.3 Å². The molecule has 3 heterocycles. The number of carbonyl (C=O) groups excluding carboxylic acids is 3. The molecule has 3 aliphatic heterocycles. The molecule has 3 aliphatic rings. The van der Waals surface area contributed by atoms with Crippen molar-refractivity contribution in [1.29, 1.82) is 0 Å². The second-order valence-corrected chi connectivity index (χ2v) is 7.08. The first-order valence-corrected chi connectivity index (χ1v) is 8.71. The van der Waals surface area contributed by atoms with Gasteiger partial charge in [-0.05, 0) is 23.6 Å². The van der Waals surface area contributed by atoms with E-state index in [4.69, 9.17) is 6.42 Å². The van der Waals surface area contributed by atoms with Crippen LogP contribution >= 0.6 is 0 Å². The Kier molecular flexibility index (Phi) is 4.02. The fourth-order valence-electron chi connectivity index (χ4n) is 3.66. The van der Waals surface area contributed by atoms with Gasteiger partial charge >= 0.3 is 0 Å². The van der Waals surface area contributed by atoms with Gasteiger partial charge < -0.3 is 10.2 Å². The number of terminal acetylenes is 1. The summed E-state index contributed by atoms with van der Waals surface area (Å²) in [6, 6.07) is 5.12. The van der Waals surface area contributed by atoms with Gasteiger partial charge in [0, 0.05) is 38.2 Å². The van der Waals surface area contributed by atoms with E-state index in [9.17, 15) is 14.4 Å². The zero-order chi connectivity index (χ0) is 18.3. The smallest absolute Gasteiger partial charge is 0.255 e. The maximum absolute atomic E-state index is 12.7. The third-order valence-corrected chi connectivity index (χ3v) is 5.35. The lowest BCUT2D eigenvalue weighted by Gasteiger charge is -2.39. The molecule has 3 N–H and O–H groups in total. The molecule has 4 rings (SSSR count). The Morgan fingerprint density at radius 3 is 2.77 bits per heavy atom. The Balaban J connectivity index is 1.47. The second-order valence-electron chi connectivity index (χ2n) is 7.08. The summed E-state index contributed by atoms with van der Waals surface area (Å²) in [4.78, 5) is 37.6. The van der Waals surface area contributed by atoms with Crippen LogP contribution in [0.2, 0.25) is 0 Å². The number of imide groups is 1. The zero-order valence-corrected chi connectivity index (χ0v) is 14.3. The van der Waals surface area contributed by atoms with Crippen molar-refractivity contribution in [3.8, 4) is 12.3 Å². The number of carbonyl (C=O) groups is 3. The van der Waals surface area contributed by atoms with Crippen molar-refractivity contribution in [2.24, 2.45) is 0 Å². The van der Waals surface area contributed by atoms with Gasteiger partial charge in [-0.3, -0.25) is 25.0 Å². The molecule has 2 fully saturated rings. The normalized spacial score (nSPS) is 23.9. The molecule has 0 saturated carbocycles. The number of nitrogens with zero attached hydrogens (tertiary/aromatic N) is 1. The first kappa shape index (κ1) is 16.8. The lowest BCUT2D eigenvalue weighted by atomic mass is 9.93. The minimum atomic E-state index is -0.583. The minimum absolute atomic E-state index is 0.155. The molecular weight excluding hydrogens is 332 g/mol. The van der Waals surface area contributed by atoms with E-state index in [1.165, 1.54) is 0 Å². The van der Waals surface area contributed by atoms with E-state index < -0.39 is 11.9 Å². The highest BCUT2D eigenvalue weighted by molar-refractivity contribution is 6.05. The van der Waals surface area contributed by atoms with Crippen molar-refractivity contribution in [3.05, 3.63) is 34.9 Å². The van der Waals surface area contributed by atoms with Crippen LogP contribution < -0.4 is 16.0 Å². The van der Waals surface area contributed by atoms with Crippen LogP contribution in [0.15, 0.2) is 18.2 Å². The standard InChI is InChI=1S/C19H20N4O3/c1-2-19(10-20-11-19)21-8-12-3-4-14-13(7-12)9-23(18(14)26)15-5-6-16(24)22-17(15)25/h1,3-4,7,15,20-21H,5-6,8-11H2,(H,22,24,25). The van der Waals surface area contributed by atoms with Crippen LogP contribution in [0, 0.1) is 12.3 Å². The van der Waals surface area contributed by atoms with Gasteiger partial charge in [0.2, 0.25) is 11.8 Å². The first-order valence-electron chi connectivity index (χ1n) is 8.71. The van der Waals surface area contributed by atoms with Gasteiger partial charge in [-0.15, -0.1) is 6.42 Å². The van der Waals surface area contributed by atoms with Gasteiger partial charge in [-0.1, -0.05) is 18.1 Å². The third kappa shape index (κ3) is 2.77. The second kappa shape index (κ2) is 6.24. The molecule has 1 aromatic rings. The molecular formula is C19H20N4O3. The average Bonchev–Trinajstić information content (AvgIpc) is 2.90. The highest BCUT2D eigenvalue weighted by atomic mass is 16.2. The fourth-order valence-corrected chi connectivity index (χ4v) is 3.66. The number of rotatable bonds is 4. The van der Waals surface area contributed by atoms with E-state index in [-0.39, 0.29) is 23.8 Å². The molecule has 1 unspecified atom stereocenters. The highest BCUT2D eigenvalue weighted by Crippen LogP contribution is 2.28. The number of hydrogen-bond acceptors (Lipinski definition) is 5. The number of piperidine rings is 1. The van der Waals surface area contributed by atoms with Gasteiger partial charge in [-0.25, -0.2) is 0 Å². The maximum Gasteiger partial charge on any atom is 0.255 e. The topological polar surface area (TPSA) is 90.5 Å². The quantitative estimate of drug-likeness (QED) is 0.503. The third-order valence-electron chi connectivity index (χ3n) is 5.35. The highest BCUT2D eigenvalue weighted by Gasteiger charge is 2.39. The molecule has 7 heteroatoms. The van der Waals surface area contributed by atoms with Crippen molar-refractivity contribution in [2.45, 2.75) is 37.5 Å². The first-order chi connectivity index (χ1) is 12.5. The number of nitrogens with one attached hydrogen (secondary N) is 3. The monoisotopic (exact) mass is 352 g/mol. The maximum atomic E-state index is 12.7. The van der Waals surface area contributed by atoms with Crippen LogP contribution in [-0.2, 0) is 22.7 Å². The molecule has 2 saturated heterocycles. The van der Waals surface area contributed by atoms with E-state index in [2.05, 4.69) is 21.9 Å². The average molecular weight is 352 g/mol. The van der Waals surface area contributed by atoms with E-state index >= 15 is 0 Å². The van der Waals surface area contributed by atoms with E-state index in [1.54, 1.807) is 4.90 Å². The molecule has 0 bridgehead atoms. The minimum Gasteiger partial charge on any atom is -0.322 e. The summed E-state index contributed by atoms with van der Waals surface area (Å²) >= 11 is 0. The van der Waals surface area contributed by atoms with E-state index in [0.717, 1.165) is 24.2 Å². The molecule has 134 valence electrons. The van der Waals surface area contributed by atoms with Gasteiger partial charge in [-0.2, -0.15) is 0 Å². The van der Waals surface area contributed by atoms with E-state index in [1.807, 2.05) is 18.2 Å². The number of fused-ring (bicyclic) bond motifs is 1. The van der Waals surface area contributed by atoms with Crippen molar-refractivity contribution in [2.75, 3.05) is 13.1 Å². The summed E-state index contributed by atoms with van der Waals surface area (Å²) < 4.78 is 0. The van der Waals surface area contributed by atoms with Crippen LogP contribution in [-0.4, -0.2) is 47.3 Å². The van der Waals surface area contributed by atoms with Gasteiger partial charge in [0.25, 0.3) is 5.91 Å². The van der Waals surface area contributed by atoms with Crippen molar-refractivity contribution in [3.63, 3.8) is 0 Å². The van der Waals surface area contributed by atoms with Crippen LogP contribution in [0.25, 0.3) is 0 Å². The Morgan fingerprint density at radius 1 is 1.31 bits per heavy atom. The number of hydrogen-bond donors (Lipinski definition) is 3. The summed E-state index contributed by atoms with van der Waals surface area (Å²) in [5, 5.41) is 8.87. The summed E-state index contributed by atoms with van der Waals surface area (Å²) in [6.45, 7) is 2.49. The van der Waals surface area contributed by atoms with Gasteiger partial charge in [0.1, 0.15) is 11.6 Å².